The second-order valence-electron chi connectivity index (χ2n) is 14.5. The minimum absolute atomic E-state index is 0.000518. The summed E-state index contributed by atoms with van der Waals surface area (Å²) in [5, 5.41) is 2.68. The Morgan fingerprint density at radius 2 is 1.65 bits per heavy atom. The van der Waals surface area contributed by atoms with Crippen LogP contribution in [0.25, 0.3) is 11.3 Å². The van der Waals surface area contributed by atoms with Crippen molar-refractivity contribution in [3.63, 3.8) is 0 Å². The Labute approximate surface area is 298 Å². The van der Waals surface area contributed by atoms with Gasteiger partial charge < -0.3 is 48.5 Å². The summed E-state index contributed by atoms with van der Waals surface area (Å²) in [4.78, 5) is 53.6. The first-order valence-corrected chi connectivity index (χ1v) is 17.1. The van der Waals surface area contributed by atoms with Gasteiger partial charge in [-0.2, -0.15) is 0 Å². The number of aromatic nitrogens is 2. The third-order valence-electron chi connectivity index (χ3n) is 10.4. The van der Waals surface area contributed by atoms with Gasteiger partial charge in [-0.05, 0) is 56.3 Å². The molecule has 2 N–H and O–H groups in total. The first-order chi connectivity index (χ1) is 24.2. The molecule has 0 spiro atoms. The molecule has 0 radical (unpaired) electrons. The Morgan fingerprint density at radius 1 is 0.961 bits per heavy atom. The van der Waals surface area contributed by atoms with Crippen molar-refractivity contribution in [3.05, 3.63) is 59.5 Å². The first kappa shape index (κ1) is 36.0. The van der Waals surface area contributed by atoms with Gasteiger partial charge in [0.05, 0.1) is 64.2 Å². The zero-order valence-corrected chi connectivity index (χ0v) is 30.7. The van der Waals surface area contributed by atoms with E-state index in [2.05, 4.69) is 10.3 Å². The Morgan fingerprint density at radius 3 is 2.25 bits per heavy atom. The van der Waals surface area contributed by atoms with E-state index in [9.17, 15) is 14.4 Å². The predicted molar refractivity (Wildman–Crippen MR) is 189 cm³/mol. The van der Waals surface area contributed by atoms with E-state index in [4.69, 9.17) is 28.5 Å². The van der Waals surface area contributed by atoms with Crippen LogP contribution in [-0.4, -0.2) is 102 Å². The standard InChI is InChI=1S/C36H47BN6O8/c1-21(2)29(40-33(45)49-9)32(44)43-20-42(34(46)41-17-23-12-15-28(47-7)30(48-8)25(23)18-41)19-27(43)31-38-16-26(39-31)22-10-13-24(14-11-22)37-50-35(3,4)36(5,6)51-37/h10-16,21,27,29H,17-20H2,1-9H3,(H,38,39)(H,40,45)/t27-,29-/m0/s1. The highest BCUT2D eigenvalue weighted by Gasteiger charge is 2.51. The molecule has 0 bridgehead atoms. The molecule has 4 amide bonds. The van der Waals surface area contributed by atoms with E-state index in [1.807, 2.05) is 77.9 Å². The lowest BCUT2D eigenvalue weighted by atomic mass is 9.79. The molecule has 3 aliphatic heterocycles. The van der Waals surface area contributed by atoms with Crippen molar-refractivity contribution in [1.82, 2.24) is 30.0 Å². The molecule has 6 rings (SSSR count). The molecule has 3 aromatic rings. The van der Waals surface area contributed by atoms with Gasteiger partial charge in [0.25, 0.3) is 0 Å². The number of carbonyl (C=O) groups excluding carboxylic acids is 3. The number of benzene rings is 2. The number of hydrogen-bond donors (Lipinski definition) is 2. The molecule has 2 saturated heterocycles. The van der Waals surface area contributed by atoms with Crippen LogP contribution in [0.15, 0.2) is 42.6 Å². The van der Waals surface area contributed by atoms with Crippen LogP contribution >= 0.6 is 0 Å². The number of nitrogens with one attached hydrogen (secondary N) is 2. The van der Waals surface area contributed by atoms with E-state index in [0.717, 1.165) is 27.8 Å². The number of urea groups is 1. The number of hydrogen-bond acceptors (Lipinski definition) is 9. The molecule has 4 heterocycles. The second-order valence-corrected chi connectivity index (χ2v) is 14.5. The summed E-state index contributed by atoms with van der Waals surface area (Å²) in [7, 11) is 3.92. The van der Waals surface area contributed by atoms with Crippen molar-refractivity contribution in [2.75, 3.05) is 34.5 Å². The molecule has 1 aromatic heterocycles. The molecular formula is C36H47BN6O8. The fourth-order valence-electron chi connectivity index (χ4n) is 6.71. The molecule has 0 unspecified atom stereocenters. The van der Waals surface area contributed by atoms with Gasteiger partial charge in [0.2, 0.25) is 5.91 Å². The van der Waals surface area contributed by atoms with Crippen molar-refractivity contribution in [1.29, 1.82) is 0 Å². The van der Waals surface area contributed by atoms with Gasteiger partial charge in [0.1, 0.15) is 17.9 Å². The van der Waals surface area contributed by atoms with Gasteiger partial charge in [-0.1, -0.05) is 44.2 Å². The number of carbonyl (C=O) groups is 3. The number of methoxy groups -OCH3 is 3. The van der Waals surface area contributed by atoms with Crippen LogP contribution in [0.4, 0.5) is 9.59 Å². The molecule has 14 nitrogen and oxygen atoms in total. The second kappa shape index (κ2) is 13.8. The summed E-state index contributed by atoms with van der Waals surface area (Å²) >= 11 is 0. The molecule has 272 valence electrons. The Bertz CT molecular complexity index is 1780. The molecule has 0 aliphatic carbocycles. The fraction of sp³-hybridized carbons (Fsp3) is 0.500. The van der Waals surface area contributed by atoms with Gasteiger partial charge in [-0.25, -0.2) is 14.6 Å². The van der Waals surface area contributed by atoms with Crippen LogP contribution < -0.4 is 20.3 Å². The lowest BCUT2D eigenvalue weighted by Gasteiger charge is -2.32. The normalized spacial score (nSPS) is 19.7. The van der Waals surface area contributed by atoms with Gasteiger partial charge >= 0.3 is 19.2 Å². The molecule has 2 aromatic carbocycles. The minimum atomic E-state index is -0.889. The van der Waals surface area contributed by atoms with Crippen LogP contribution in [-0.2, 0) is 31.9 Å². The maximum atomic E-state index is 14.2. The molecule has 3 aliphatic rings. The highest BCUT2D eigenvalue weighted by atomic mass is 16.7. The van der Waals surface area contributed by atoms with Crippen LogP contribution in [0.1, 0.15) is 64.5 Å². The van der Waals surface area contributed by atoms with Crippen molar-refractivity contribution in [2.24, 2.45) is 5.92 Å². The molecule has 2 fully saturated rings. The van der Waals surface area contributed by atoms with Crippen molar-refractivity contribution >= 4 is 30.6 Å². The Hall–Kier alpha value is -4.76. The van der Waals surface area contributed by atoms with E-state index in [1.165, 1.54) is 7.11 Å². The maximum Gasteiger partial charge on any atom is 0.494 e. The fourth-order valence-corrected chi connectivity index (χ4v) is 6.71. The molecule has 0 saturated carbocycles. The summed E-state index contributed by atoms with van der Waals surface area (Å²) in [6.07, 6.45) is 1.00. The van der Waals surface area contributed by atoms with E-state index in [-0.39, 0.29) is 31.1 Å². The summed E-state index contributed by atoms with van der Waals surface area (Å²) in [5.41, 5.74) is 3.47. The number of imidazole rings is 1. The molecular weight excluding hydrogens is 655 g/mol. The van der Waals surface area contributed by atoms with E-state index < -0.39 is 36.5 Å². The predicted octanol–water partition coefficient (Wildman–Crippen LogP) is 4.05. The van der Waals surface area contributed by atoms with Gasteiger partial charge in [-0.15, -0.1) is 0 Å². The number of alkyl carbamates (subject to hydrolysis) is 1. The summed E-state index contributed by atoms with van der Waals surface area (Å²) in [6.45, 7) is 12.7. The largest absolute Gasteiger partial charge is 0.494 e. The van der Waals surface area contributed by atoms with Gasteiger partial charge in [0.15, 0.2) is 11.5 Å². The van der Waals surface area contributed by atoms with E-state index in [1.54, 1.807) is 35.1 Å². The highest BCUT2D eigenvalue weighted by Crippen LogP contribution is 2.40. The highest BCUT2D eigenvalue weighted by molar-refractivity contribution is 6.62. The lowest BCUT2D eigenvalue weighted by molar-refractivity contribution is -0.135. The van der Waals surface area contributed by atoms with Crippen LogP contribution in [0.5, 0.6) is 11.5 Å². The summed E-state index contributed by atoms with van der Waals surface area (Å²) in [6, 6.07) is 9.90. The van der Waals surface area contributed by atoms with Crippen molar-refractivity contribution in [2.45, 2.75) is 77.9 Å². The quantitative estimate of drug-likeness (QED) is 0.332. The Kier molecular flexibility index (Phi) is 9.72. The van der Waals surface area contributed by atoms with Gasteiger partial charge in [0, 0.05) is 12.1 Å². The maximum absolute atomic E-state index is 14.2. The molecule has 2 atom stereocenters. The third-order valence-corrected chi connectivity index (χ3v) is 10.4. The third kappa shape index (κ3) is 6.72. The number of rotatable bonds is 8. The average molecular weight is 703 g/mol. The number of H-pyrrole nitrogens is 1. The van der Waals surface area contributed by atoms with Crippen LogP contribution in [0.2, 0.25) is 0 Å². The van der Waals surface area contributed by atoms with Crippen molar-refractivity contribution in [3.8, 4) is 22.8 Å². The number of amides is 4. The summed E-state index contributed by atoms with van der Waals surface area (Å²) < 4.78 is 28.3. The molecule has 15 heteroatoms. The van der Waals surface area contributed by atoms with E-state index in [0.29, 0.717) is 30.4 Å². The van der Waals surface area contributed by atoms with E-state index >= 15 is 0 Å². The summed E-state index contributed by atoms with van der Waals surface area (Å²) in [5.74, 6) is 1.10. The SMILES string of the molecule is COC(=O)N[C@H](C(=O)N1CN(C(=O)N2Cc3ccc(OC)c(OC)c3C2)C[C@H]1c1ncc(-c2ccc(B3OC(C)(C)C(C)(C)O3)cc2)[nH]1)C(C)C. The zero-order valence-electron chi connectivity index (χ0n) is 30.7. The minimum Gasteiger partial charge on any atom is -0.493 e. The topological polar surface area (TPSA) is 148 Å². The van der Waals surface area contributed by atoms with Gasteiger partial charge in [-0.3, -0.25) is 4.79 Å². The number of ether oxygens (including phenoxy) is 3. The first-order valence-electron chi connectivity index (χ1n) is 17.1. The van der Waals surface area contributed by atoms with Crippen LogP contribution in [0.3, 0.4) is 0 Å². The average Bonchev–Trinajstić information content (AvgIpc) is 3.90. The van der Waals surface area contributed by atoms with Crippen molar-refractivity contribution < 1.29 is 37.9 Å². The molecule has 51 heavy (non-hydrogen) atoms. The number of fused-ring (bicyclic) bond motifs is 1. The number of aromatic amines is 1. The smallest absolute Gasteiger partial charge is 0.493 e. The van der Waals surface area contributed by atoms with Crippen LogP contribution in [0, 0.1) is 5.92 Å². The monoisotopic (exact) mass is 702 g/mol. The lowest BCUT2D eigenvalue weighted by Crippen LogP contribution is -2.52. The zero-order chi connectivity index (χ0) is 36.8. The Balaban J connectivity index is 1.25. The number of nitrogens with zero attached hydrogens (tertiary/aromatic N) is 4.